The van der Waals surface area contributed by atoms with E-state index >= 15 is 0 Å². The summed E-state index contributed by atoms with van der Waals surface area (Å²) in [6.07, 6.45) is 6.34. The Kier molecular flexibility index (Phi) is 7.29. The Morgan fingerprint density at radius 2 is 1.45 bits per heavy atom. The van der Waals surface area contributed by atoms with Crippen LogP contribution in [0.3, 0.4) is 0 Å². The number of hydrogen-bond acceptors (Lipinski definition) is 0. The monoisotopic (exact) mass is 338 g/mol. The van der Waals surface area contributed by atoms with E-state index in [0.717, 1.165) is 5.92 Å². The molecule has 114 valence electrons. The zero-order chi connectivity index (χ0) is 15.2. The highest BCUT2D eigenvalue weighted by molar-refractivity contribution is 9.09. The number of rotatable bonds is 8. The van der Waals surface area contributed by atoms with Gasteiger partial charge in [0.2, 0.25) is 0 Å². The summed E-state index contributed by atoms with van der Waals surface area (Å²) in [5.74, 6) is 0.759. The standard InChI is InChI=1S/C19H31Br/c1-6-9-15(10-7-2)18(20)16-11-13-17(14-12-16)19(4,5)8-3/h11-15,18H,6-10H2,1-5H3. The van der Waals surface area contributed by atoms with Crippen LogP contribution in [-0.2, 0) is 5.41 Å². The fourth-order valence-electron chi connectivity index (χ4n) is 2.77. The summed E-state index contributed by atoms with van der Waals surface area (Å²) >= 11 is 3.95. The molecule has 0 heterocycles. The normalized spacial score (nSPS) is 13.8. The zero-order valence-electron chi connectivity index (χ0n) is 13.9. The van der Waals surface area contributed by atoms with Gasteiger partial charge in [0.25, 0.3) is 0 Å². The zero-order valence-corrected chi connectivity index (χ0v) is 15.5. The molecule has 0 nitrogen and oxygen atoms in total. The van der Waals surface area contributed by atoms with Gasteiger partial charge in [-0.2, -0.15) is 0 Å². The lowest BCUT2D eigenvalue weighted by atomic mass is 9.81. The van der Waals surface area contributed by atoms with E-state index < -0.39 is 0 Å². The maximum Gasteiger partial charge on any atom is 0.0423 e. The Hall–Kier alpha value is -0.300. The Bertz CT molecular complexity index is 371. The van der Waals surface area contributed by atoms with Crippen LogP contribution in [0.4, 0.5) is 0 Å². The van der Waals surface area contributed by atoms with Gasteiger partial charge in [0, 0.05) is 4.83 Å². The number of benzene rings is 1. The van der Waals surface area contributed by atoms with E-state index in [-0.39, 0.29) is 5.41 Å². The van der Waals surface area contributed by atoms with Crippen molar-refractivity contribution in [2.24, 2.45) is 5.92 Å². The Morgan fingerprint density at radius 3 is 1.85 bits per heavy atom. The van der Waals surface area contributed by atoms with Gasteiger partial charge in [-0.25, -0.2) is 0 Å². The SMILES string of the molecule is CCCC(CCC)C(Br)c1ccc(C(C)(C)CC)cc1. The molecule has 1 heteroatoms. The Balaban J connectivity index is 2.86. The molecule has 1 aromatic carbocycles. The third-order valence-corrected chi connectivity index (χ3v) is 5.90. The van der Waals surface area contributed by atoms with E-state index in [4.69, 9.17) is 0 Å². The molecule has 0 saturated carbocycles. The van der Waals surface area contributed by atoms with Crippen molar-refractivity contribution in [3.63, 3.8) is 0 Å². The van der Waals surface area contributed by atoms with Gasteiger partial charge in [0.05, 0.1) is 0 Å². The molecule has 1 aromatic rings. The predicted molar refractivity (Wildman–Crippen MR) is 94.7 cm³/mol. The van der Waals surface area contributed by atoms with Crippen molar-refractivity contribution >= 4 is 15.9 Å². The van der Waals surface area contributed by atoms with Gasteiger partial charge in [-0.3, -0.25) is 0 Å². The van der Waals surface area contributed by atoms with Crippen molar-refractivity contribution in [3.05, 3.63) is 35.4 Å². The summed E-state index contributed by atoms with van der Waals surface area (Å²) < 4.78 is 0. The predicted octanol–water partition coefficient (Wildman–Crippen LogP) is 7.03. The van der Waals surface area contributed by atoms with Gasteiger partial charge in [-0.1, -0.05) is 87.7 Å². The summed E-state index contributed by atoms with van der Waals surface area (Å²) in [5.41, 5.74) is 3.17. The van der Waals surface area contributed by atoms with Gasteiger partial charge >= 0.3 is 0 Å². The summed E-state index contributed by atoms with van der Waals surface area (Å²) in [6, 6.07) is 9.29. The highest BCUT2D eigenvalue weighted by Crippen LogP contribution is 2.37. The van der Waals surface area contributed by atoms with Crippen LogP contribution in [-0.4, -0.2) is 0 Å². The molecule has 1 unspecified atom stereocenters. The second-order valence-corrected chi connectivity index (χ2v) is 7.59. The van der Waals surface area contributed by atoms with Crippen molar-refractivity contribution in [2.45, 2.75) is 77.0 Å². The van der Waals surface area contributed by atoms with Gasteiger partial charge < -0.3 is 0 Å². The molecule has 0 spiro atoms. The van der Waals surface area contributed by atoms with Crippen molar-refractivity contribution in [3.8, 4) is 0 Å². The molecule has 0 aromatic heterocycles. The van der Waals surface area contributed by atoms with E-state index in [0.29, 0.717) is 4.83 Å². The highest BCUT2D eigenvalue weighted by atomic mass is 79.9. The van der Waals surface area contributed by atoms with E-state index in [1.54, 1.807) is 0 Å². The van der Waals surface area contributed by atoms with Gasteiger partial charge in [0.15, 0.2) is 0 Å². The Labute approximate surface area is 134 Å². The van der Waals surface area contributed by atoms with E-state index in [1.807, 2.05) is 0 Å². The molecule has 0 fully saturated rings. The third-order valence-electron chi connectivity index (χ3n) is 4.63. The van der Waals surface area contributed by atoms with Crippen molar-refractivity contribution in [1.82, 2.24) is 0 Å². The van der Waals surface area contributed by atoms with Crippen LogP contribution in [0.15, 0.2) is 24.3 Å². The fraction of sp³-hybridized carbons (Fsp3) is 0.684. The largest absolute Gasteiger partial charge is 0.0836 e. The molecular weight excluding hydrogens is 308 g/mol. The van der Waals surface area contributed by atoms with Crippen LogP contribution >= 0.6 is 15.9 Å². The molecule has 0 aliphatic rings. The molecule has 0 saturated heterocycles. The average molecular weight is 339 g/mol. The minimum absolute atomic E-state index is 0.284. The summed E-state index contributed by atoms with van der Waals surface area (Å²) in [7, 11) is 0. The first-order valence-corrected chi connectivity index (χ1v) is 9.12. The molecule has 1 atom stereocenters. The molecule has 20 heavy (non-hydrogen) atoms. The molecule has 0 N–H and O–H groups in total. The topological polar surface area (TPSA) is 0 Å². The van der Waals surface area contributed by atoms with Crippen molar-refractivity contribution in [2.75, 3.05) is 0 Å². The van der Waals surface area contributed by atoms with E-state index in [2.05, 4.69) is 74.8 Å². The molecule has 1 rings (SSSR count). The van der Waals surface area contributed by atoms with E-state index in [1.165, 1.54) is 43.2 Å². The van der Waals surface area contributed by atoms with Gasteiger partial charge in [-0.15, -0.1) is 0 Å². The first-order valence-electron chi connectivity index (χ1n) is 8.20. The van der Waals surface area contributed by atoms with Crippen molar-refractivity contribution < 1.29 is 0 Å². The van der Waals surface area contributed by atoms with Crippen LogP contribution in [0.2, 0.25) is 0 Å². The number of alkyl halides is 1. The maximum atomic E-state index is 3.95. The van der Waals surface area contributed by atoms with Crippen LogP contribution in [0.1, 0.15) is 82.7 Å². The number of hydrogen-bond donors (Lipinski definition) is 0. The number of halogens is 1. The Morgan fingerprint density at radius 1 is 0.950 bits per heavy atom. The summed E-state index contributed by atoms with van der Waals surface area (Å²) in [6.45, 7) is 11.5. The van der Waals surface area contributed by atoms with Crippen LogP contribution in [0, 0.1) is 5.92 Å². The lowest BCUT2D eigenvalue weighted by Crippen LogP contribution is -2.15. The first kappa shape index (κ1) is 17.8. The van der Waals surface area contributed by atoms with E-state index in [9.17, 15) is 0 Å². The minimum Gasteiger partial charge on any atom is -0.0836 e. The quantitative estimate of drug-likeness (QED) is 0.446. The molecule has 0 aliphatic heterocycles. The smallest absolute Gasteiger partial charge is 0.0423 e. The third kappa shape index (κ3) is 4.62. The fourth-order valence-corrected chi connectivity index (χ4v) is 3.61. The van der Waals surface area contributed by atoms with Crippen LogP contribution in [0.25, 0.3) is 0 Å². The maximum absolute atomic E-state index is 3.95. The average Bonchev–Trinajstić information content (AvgIpc) is 2.46. The molecule has 0 radical (unpaired) electrons. The lowest BCUT2D eigenvalue weighted by Gasteiger charge is -2.25. The molecule has 0 amide bonds. The molecular formula is C19H31Br. The summed E-state index contributed by atoms with van der Waals surface area (Å²) in [4.78, 5) is 0.501. The van der Waals surface area contributed by atoms with Gasteiger partial charge in [0.1, 0.15) is 0 Å². The molecule has 0 bridgehead atoms. The highest BCUT2D eigenvalue weighted by Gasteiger charge is 2.21. The first-order chi connectivity index (χ1) is 9.46. The van der Waals surface area contributed by atoms with Crippen LogP contribution < -0.4 is 0 Å². The van der Waals surface area contributed by atoms with Crippen LogP contribution in [0.5, 0.6) is 0 Å². The van der Waals surface area contributed by atoms with Gasteiger partial charge in [-0.05, 0) is 41.7 Å². The second kappa shape index (κ2) is 8.22. The lowest BCUT2D eigenvalue weighted by molar-refractivity contribution is 0.435. The second-order valence-electron chi connectivity index (χ2n) is 6.60. The van der Waals surface area contributed by atoms with Crippen molar-refractivity contribution in [1.29, 1.82) is 0 Å². The summed E-state index contributed by atoms with van der Waals surface area (Å²) in [5, 5.41) is 0. The minimum atomic E-state index is 0.284. The molecule has 0 aliphatic carbocycles.